The number of hydrogen-bond acceptors (Lipinski definition) is 6. The Kier molecular flexibility index (Phi) is 5.46. The van der Waals surface area contributed by atoms with Crippen molar-refractivity contribution >= 4 is 5.91 Å². The summed E-state index contributed by atoms with van der Waals surface area (Å²) in [5.41, 5.74) is 4.48. The summed E-state index contributed by atoms with van der Waals surface area (Å²) in [5, 5.41) is 24.4. The molecule has 1 aliphatic carbocycles. The summed E-state index contributed by atoms with van der Waals surface area (Å²) in [6, 6.07) is 10.3. The van der Waals surface area contributed by atoms with E-state index in [1.807, 2.05) is 20.2 Å². The summed E-state index contributed by atoms with van der Waals surface area (Å²) in [7, 11) is 1.82. The first-order chi connectivity index (χ1) is 14.0. The van der Waals surface area contributed by atoms with Gasteiger partial charge in [0, 0.05) is 38.4 Å². The molecule has 1 atom stereocenters. The maximum atomic E-state index is 12.3. The molecule has 8 nitrogen and oxygen atoms in total. The van der Waals surface area contributed by atoms with Gasteiger partial charge in [-0.15, -0.1) is 0 Å². The molecule has 1 amide bonds. The molecule has 0 bridgehead atoms. The molecule has 0 saturated carbocycles. The number of carbonyl (C=O) groups is 1. The summed E-state index contributed by atoms with van der Waals surface area (Å²) in [6.45, 7) is 2.42. The van der Waals surface area contributed by atoms with Gasteiger partial charge in [0.05, 0.1) is 17.4 Å². The van der Waals surface area contributed by atoms with Crippen molar-refractivity contribution in [2.75, 3.05) is 13.1 Å². The lowest BCUT2D eigenvalue weighted by molar-refractivity contribution is 0.0905. The maximum absolute atomic E-state index is 12.3. The van der Waals surface area contributed by atoms with E-state index in [9.17, 15) is 9.90 Å². The second-order valence-corrected chi connectivity index (χ2v) is 7.52. The molecule has 0 saturated heterocycles. The van der Waals surface area contributed by atoms with Gasteiger partial charge < -0.3 is 20.3 Å². The molecule has 0 aliphatic heterocycles. The summed E-state index contributed by atoms with van der Waals surface area (Å²) < 4.78 is 6.96. The van der Waals surface area contributed by atoms with Crippen molar-refractivity contribution in [1.82, 2.24) is 25.6 Å². The monoisotopic (exact) mass is 395 g/mol. The molecule has 3 aromatic rings. The lowest BCUT2D eigenvalue weighted by Gasteiger charge is -2.16. The number of benzene rings is 1. The quantitative estimate of drug-likeness (QED) is 0.556. The predicted molar refractivity (Wildman–Crippen MR) is 107 cm³/mol. The summed E-state index contributed by atoms with van der Waals surface area (Å²) >= 11 is 0. The van der Waals surface area contributed by atoms with Crippen LogP contribution in [0.2, 0.25) is 0 Å². The molecule has 2 aromatic heterocycles. The number of hydrogen-bond donors (Lipinski definition) is 3. The van der Waals surface area contributed by atoms with E-state index in [1.165, 1.54) is 11.1 Å². The van der Waals surface area contributed by atoms with Crippen molar-refractivity contribution in [3.05, 3.63) is 59.0 Å². The van der Waals surface area contributed by atoms with Gasteiger partial charge in [-0.2, -0.15) is 5.10 Å². The second kappa shape index (κ2) is 8.18. The number of nitrogens with zero attached hydrogens (tertiary/aromatic N) is 3. The first-order valence-corrected chi connectivity index (χ1v) is 9.73. The van der Waals surface area contributed by atoms with Gasteiger partial charge in [0.15, 0.2) is 11.5 Å². The van der Waals surface area contributed by atoms with Gasteiger partial charge >= 0.3 is 0 Å². The molecule has 0 fully saturated rings. The summed E-state index contributed by atoms with van der Waals surface area (Å²) in [5.74, 6) is 0.109. The zero-order valence-electron chi connectivity index (χ0n) is 16.6. The zero-order valence-corrected chi connectivity index (χ0v) is 16.6. The molecule has 0 radical (unpaired) electrons. The maximum Gasteiger partial charge on any atom is 0.273 e. The number of aliphatic hydroxyl groups excluding tert-OH is 1. The fourth-order valence-electron chi connectivity index (χ4n) is 3.73. The zero-order chi connectivity index (χ0) is 20.4. The SMILES string of the molecule is Cc1nn(C)cc1-c1cc(C(=O)NC[C@H](O)CNC2Cc3ccccc3C2)no1. The van der Waals surface area contributed by atoms with Crippen LogP contribution in [0.4, 0.5) is 0 Å². The average Bonchev–Trinajstić information content (AvgIpc) is 3.42. The third-order valence-electron chi connectivity index (χ3n) is 5.21. The molecule has 2 heterocycles. The predicted octanol–water partition coefficient (Wildman–Crippen LogP) is 1.23. The van der Waals surface area contributed by atoms with Gasteiger partial charge in [-0.05, 0) is 30.9 Å². The molecule has 152 valence electrons. The Balaban J connectivity index is 1.24. The van der Waals surface area contributed by atoms with E-state index in [4.69, 9.17) is 4.52 Å². The fraction of sp³-hybridized carbons (Fsp3) is 0.381. The molecule has 29 heavy (non-hydrogen) atoms. The Morgan fingerprint density at radius 2 is 2.03 bits per heavy atom. The number of rotatable bonds is 7. The molecule has 1 aliphatic rings. The number of aromatic nitrogens is 3. The van der Waals surface area contributed by atoms with E-state index in [2.05, 4.69) is 45.2 Å². The van der Waals surface area contributed by atoms with E-state index >= 15 is 0 Å². The first-order valence-electron chi connectivity index (χ1n) is 9.73. The van der Waals surface area contributed by atoms with Gasteiger partial charge in [0.2, 0.25) is 0 Å². The van der Waals surface area contributed by atoms with E-state index < -0.39 is 6.10 Å². The summed E-state index contributed by atoms with van der Waals surface area (Å²) in [6.07, 6.45) is 3.05. The first kappa shape index (κ1) is 19.4. The molecule has 8 heteroatoms. The van der Waals surface area contributed by atoms with Crippen LogP contribution in [0.1, 0.15) is 27.3 Å². The van der Waals surface area contributed by atoms with Crippen molar-refractivity contribution in [3.8, 4) is 11.3 Å². The highest BCUT2D eigenvalue weighted by Gasteiger charge is 2.21. The number of nitrogens with one attached hydrogen (secondary N) is 2. The van der Waals surface area contributed by atoms with Crippen LogP contribution in [-0.2, 0) is 19.9 Å². The highest BCUT2D eigenvalue weighted by Crippen LogP contribution is 2.23. The Hall–Kier alpha value is -2.97. The Bertz CT molecular complexity index is 984. The second-order valence-electron chi connectivity index (χ2n) is 7.52. The highest BCUT2D eigenvalue weighted by molar-refractivity contribution is 5.93. The molecule has 0 spiro atoms. The van der Waals surface area contributed by atoms with Crippen LogP contribution < -0.4 is 10.6 Å². The Morgan fingerprint density at radius 1 is 1.31 bits per heavy atom. The Labute approximate surface area is 168 Å². The van der Waals surface area contributed by atoms with Crippen LogP contribution in [0.25, 0.3) is 11.3 Å². The molecule has 0 unspecified atom stereocenters. The standard InChI is InChI=1S/C21H25N5O3/c1-13-18(12-26(2)24-13)20-9-19(25-29-20)21(28)23-11-17(27)10-22-16-7-14-5-3-4-6-15(14)8-16/h3-6,9,12,16-17,22,27H,7-8,10-11H2,1-2H3,(H,23,28)/t17-/m1/s1. The van der Waals surface area contributed by atoms with Crippen LogP contribution in [0.15, 0.2) is 41.1 Å². The normalized spacial score (nSPS) is 14.7. The van der Waals surface area contributed by atoms with Gasteiger partial charge in [-0.25, -0.2) is 0 Å². The molecular weight excluding hydrogens is 370 g/mol. The van der Waals surface area contributed by atoms with E-state index in [-0.39, 0.29) is 18.1 Å². The largest absolute Gasteiger partial charge is 0.390 e. The van der Waals surface area contributed by atoms with Crippen molar-refractivity contribution in [2.24, 2.45) is 7.05 Å². The molecule has 4 rings (SSSR count). The van der Waals surface area contributed by atoms with Gasteiger partial charge in [-0.1, -0.05) is 29.4 Å². The Morgan fingerprint density at radius 3 is 2.69 bits per heavy atom. The number of fused-ring (bicyclic) bond motifs is 1. The van der Waals surface area contributed by atoms with E-state index in [0.29, 0.717) is 18.3 Å². The molecule has 1 aromatic carbocycles. The topological polar surface area (TPSA) is 105 Å². The minimum Gasteiger partial charge on any atom is -0.390 e. The number of aryl methyl sites for hydroxylation is 2. The lowest BCUT2D eigenvalue weighted by atomic mass is 10.1. The average molecular weight is 395 g/mol. The van der Waals surface area contributed by atoms with Crippen LogP contribution in [0.3, 0.4) is 0 Å². The van der Waals surface area contributed by atoms with E-state index in [0.717, 1.165) is 24.1 Å². The minimum atomic E-state index is -0.686. The van der Waals surface area contributed by atoms with Gasteiger partial charge in [0.25, 0.3) is 5.91 Å². The fourth-order valence-corrected chi connectivity index (χ4v) is 3.73. The summed E-state index contributed by atoms with van der Waals surface area (Å²) in [4.78, 5) is 12.3. The van der Waals surface area contributed by atoms with Gasteiger partial charge in [-0.3, -0.25) is 9.48 Å². The third-order valence-corrected chi connectivity index (χ3v) is 5.21. The molecular formula is C21H25N5O3. The van der Waals surface area contributed by atoms with Crippen LogP contribution in [-0.4, -0.2) is 51.2 Å². The number of aliphatic hydroxyl groups is 1. The van der Waals surface area contributed by atoms with Crippen LogP contribution in [0, 0.1) is 6.92 Å². The number of amides is 1. The smallest absolute Gasteiger partial charge is 0.273 e. The van der Waals surface area contributed by atoms with Crippen molar-refractivity contribution < 1.29 is 14.4 Å². The van der Waals surface area contributed by atoms with Crippen LogP contribution >= 0.6 is 0 Å². The van der Waals surface area contributed by atoms with Crippen molar-refractivity contribution in [1.29, 1.82) is 0 Å². The number of carbonyl (C=O) groups excluding carboxylic acids is 1. The van der Waals surface area contributed by atoms with Crippen molar-refractivity contribution in [2.45, 2.75) is 31.9 Å². The minimum absolute atomic E-state index is 0.139. The highest BCUT2D eigenvalue weighted by atomic mass is 16.5. The van der Waals surface area contributed by atoms with E-state index in [1.54, 1.807) is 10.7 Å². The third kappa shape index (κ3) is 4.38. The van der Waals surface area contributed by atoms with Crippen LogP contribution in [0.5, 0.6) is 0 Å². The van der Waals surface area contributed by atoms with Crippen molar-refractivity contribution in [3.63, 3.8) is 0 Å². The van der Waals surface area contributed by atoms with Gasteiger partial charge in [0.1, 0.15) is 0 Å². The molecule has 3 N–H and O–H groups in total. The lowest BCUT2D eigenvalue weighted by Crippen LogP contribution is -2.41.